The Balaban J connectivity index is 0.00000210. The number of nitrogens with one attached hydrogen (secondary N) is 1. The average molecular weight is 606 g/mol. The molecule has 0 aliphatic carbocycles. The van der Waals surface area contributed by atoms with E-state index in [4.69, 9.17) is 14.6 Å². The first-order valence-electron chi connectivity index (χ1n) is 13.4. The zero-order valence-corrected chi connectivity index (χ0v) is 26.6. The summed E-state index contributed by atoms with van der Waals surface area (Å²) in [7, 11) is 1.94. The molecule has 3 rings (SSSR count). The van der Waals surface area contributed by atoms with Gasteiger partial charge >= 0.3 is 0 Å². The van der Waals surface area contributed by atoms with Crippen molar-refractivity contribution in [1.29, 1.82) is 0 Å². The molecule has 0 aliphatic heterocycles. The monoisotopic (exact) mass is 605 g/mol. The number of nitrogens with zero attached hydrogens (tertiary/aromatic N) is 4. The van der Waals surface area contributed by atoms with Crippen LogP contribution in [0.25, 0.3) is 10.9 Å². The van der Waals surface area contributed by atoms with E-state index in [1.807, 2.05) is 82.3 Å². The highest BCUT2D eigenvalue weighted by molar-refractivity contribution is 8.02. The van der Waals surface area contributed by atoms with Crippen LogP contribution in [0.3, 0.4) is 0 Å². The van der Waals surface area contributed by atoms with Crippen molar-refractivity contribution >= 4 is 47.6 Å². The van der Waals surface area contributed by atoms with E-state index >= 15 is 0 Å². The molecule has 41 heavy (non-hydrogen) atoms. The molecule has 226 valence electrons. The predicted octanol–water partition coefficient (Wildman–Crippen LogP) is 7.49. The van der Waals surface area contributed by atoms with Crippen molar-refractivity contribution in [2.24, 2.45) is 12.0 Å². The van der Waals surface area contributed by atoms with E-state index in [1.54, 1.807) is 17.8 Å². The average Bonchev–Trinajstić information content (AvgIpc) is 3.55. The largest absolute Gasteiger partial charge is 0.486 e. The number of aromatic nitrogens is 4. The van der Waals surface area contributed by atoms with Crippen molar-refractivity contribution in [3.63, 3.8) is 0 Å². The molecule has 11 heteroatoms. The zero-order valence-electron chi connectivity index (χ0n) is 25.0. The van der Waals surface area contributed by atoms with Crippen LogP contribution in [0, 0.1) is 5.82 Å². The third-order valence-electron chi connectivity index (χ3n) is 5.02. The first-order valence-corrected chi connectivity index (χ1v) is 15.6. The van der Waals surface area contributed by atoms with Gasteiger partial charge in [-0.1, -0.05) is 64.3 Å². The maximum Gasteiger partial charge on any atom is 0.290 e. The summed E-state index contributed by atoms with van der Waals surface area (Å²) in [6.07, 6.45) is 8.30. The Morgan fingerprint density at radius 2 is 1.93 bits per heavy atom. The number of thioether (sulfide) groups is 2. The first kappa shape index (κ1) is 37.7. The number of fused-ring (bicyclic) bond motifs is 1. The van der Waals surface area contributed by atoms with E-state index in [2.05, 4.69) is 39.5 Å². The minimum atomic E-state index is -0.250. The molecule has 1 unspecified atom stereocenters. The number of ether oxygens (including phenoxy) is 1. The lowest BCUT2D eigenvalue weighted by Gasteiger charge is -2.10. The maximum atomic E-state index is 13.4. The standard InChI is InChI=1S/C25H30FN5OS2.2C2H6.CH2O2/c1-5-6-7-8-18(2)32-16-24-29-30-25(31(24)4)34-12-11-33-17-22(27-3)15-21-13-19-9-10-20(26)14-23(19)28-21;2*1-2;2-1-3/h5-10,13-14,22,28H,2-3,11-12,15-17H2,1,4H3;2*1-2H3;1H,(H,2,3)/b6-5-,8-7-;;;. The molecule has 0 fully saturated rings. The molecule has 0 amide bonds. The van der Waals surface area contributed by atoms with Crippen LogP contribution in [0.2, 0.25) is 0 Å². The van der Waals surface area contributed by atoms with Crippen LogP contribution < -0.4 is 0 Å². The molecule has 0 bridgehead atoms. The van der Waals surface area contributed by atoms with Crippen molar-refractivity contribution in [3.05, 3.63) is 78.2 Å². The van der Waals surface area contributed by atoms with Crippen LogP contribution in [0.4, 0.5) is 4.39 Å². The number of aromatic amines is 1. The molecule has 0 radical (unpaired) electrons. The molecule has 0 saturated heterocycles. The number of allylic oxidation sites excluding steroid dienone is 4. The van der Waals surface area contributed by atoms with E-state index in [0.717, 1.165) is 51.3 Å². The molecule has 2 heterocycles. The van der Waals surface area contributed by atoms with Crippen molar-refractivity contribution in [2.45, 2.75) is 58.8 Å². The number of benzene rings is 1. The second-order valence-electron chi connectivity index (χ2n) is 7.69. The summed E-state index contributed by atoms with van der Waals surface area (Å²) >= 11 is 3.50. The summed E-state index contributed by atoms with van der Waals surface area (Å²) in [5.74, 6) is 3.83. The van der Waals surface area contributed by atoms with E-state index in [-0.39, 0.29) is 18.3 Å². The summed E-state index contributed by atoms with van der Waals surface area (Å²) in [6.45, 7) is 17.6. The molecule has 8 nitrogen and oxygen atoms in total. The molecule has 2 aromatic heterocycles. The van der Waals surface area contributed by atoms with E-state index in [0.29, 0.717) is 12.4 Å². The number of rotatable bonds is 14. The lowest BCUT2D eigenvalue weighted by molar-refractivity contribution is -0.122. The highest BCUT2D eigenvalue weighted by Gasteiger charge is 2.12. The fourth-order valence-corrected chi connectivity index (χ4v) is 5.23. The van der Waals surface area contributed by atoms with Crippen molar-refractivity contribution < 1.29 is 19.0 Å². The Morgan fingerprint density at radius 1 is 1.22 bits per heavy atom. The lowest BCUT2D eigenvalue weighted by Crippen LogP contribution is -2.12. The smallest absolute Gasteiger partial charge is 0.290 e. The summed E-state index contributed by atoms with van der Waals surface area (Å²) in [4.78, 5) is 15.9. The van der Waals surface area contributed by atoms with Gasteiger partial charge in [0.05, 0.1) is 6.04 Å². The zero-order chi connectivity index (χ0) is 31.0. The van der Waals surface area contributed by atoms with Gasteiger partial charge in [-0.2, -0.15) is 11.8 Å². The number of hydrogen-bond donors (Lipinski definition) is 2. The van der Waals surface area contributed by atoms with Crippen LogP contribution in [-0.4, -0.2) is 61.3 Å². The van der Waals surface area contributed by atoms with Crippen LogP contribution in [0.1, 0.15) is 46.1 Å². The second-order valence-corrected chi connectivity index (χ2v) is 9.91. The second kappa shape index (κ2) is 23.4. The number of hydrogen-bond acceptors (Lipinski definition) is 7. The Labute approximate surface area is 252 Å². The van der Waals surface area contributed by atoms with Gasteiger partial charge in [0.25, 0.3) is 6.47 Å². The van der Waals surface area contributed by atoms with Gasteiger partial charge < -0.3 is 19.4 Å². The summed E-state index contributed by atoms with van der Waals surface area (Å²) in [6, 6.07) is 6.93. The number of halogens is 1. The van der Waals surface area contributed by atoms with Crippen molar-refractivity contribution in [2.75, 3.05) is 17.3 Å². The Bertz CT molecular complexity index is 1220. The third-order valence-corrected chi connectivity index (χ3v) is 7.41. The van der Waals surface area contributed by atoms with Crippen molar-refractivity contribution in [3.8, 4) is 0 Å². The molecule has 2 N–H and O–H groups in total. The van der Waals surface area contributed by atoms with Gasteiger partial charge in [-0.15, -0.1) is 10.2 Å². The summed E-state index contributed by atoms with van der Waals surface area (Å²) in [5, 5.41) is 17.2. The van der Waals surface area contributed by atoms with Gasteiger partial charge in [0.2, 0.25) is 0 Å². The van der Waals surface area contributed by atoms with Gasteiger partial charge in [-0.05, 0) is 49.4 Å². The van der Waals surface area contributed by atoms with Crippen LogP contribution >= 0.6 is 23.5 Å². The molecule has 1 atom stereocenters. The normalized spacial score (nSPS) is 11.1. The molecule has 0 aliphatic rings. The molecule has 3 aromatic rings. The SMILES string of the molecule is C=NC(CSCCSc1nnc(COC(=C)/C=C\C=C/C)n1C)Cc1cc2ccc(F)cc2[nH]1.CC.CC.O=CO. The number of aliphatic imine (C=N–C) groups is 1. The van der Waals surface area contributed by atoms with Gasteiger partial charge in [-0.25, -0.2) is 4.39 Å². The fourth-order valence-electron chi connectivity index (χ4n) is 3.19. The molecule has 1 aromatic carbocycles. The molecular weight excluding hydrogens is 561 g/mol. The van der Waals surface area contributed by atoms with Crippen LogP contribution in [-0.2, 0) is 29.6 Å². The lowest BCUT2D eigenvalue weighted by atomic mass is 10.2. The van der Waals surface area contributed by atoms with Gasteiger partial charge in [0, 0.05) is 41.9 Å². The topological polar surface area (TPSA) is 105 Å². The molecular formula is C30H44FN5O3S2. The quantitative estimate of drug-likeness (QED) is 0.0490. The third kappa shape index (κ3) is 14.8. The van der Waals surface area contributed by atoms with E-state index in [1.165, 1.54) is 12.1 Å². The van der Waals surface area contributed by atoms with Gasteiger partial charge in [0.1, 0.15) is 18.2 Å². The maximum absolute atomic E-state index is 13.4. The predicted molar refractivity (Wildman–Crippen MR) is 174 cm³/mol. The van der Waals surface area contributed by atoms with E-state index in [9.17, 15) is 4.39 Å². The van der Waals surface area contributed by atoms with E-state index < -0.39 is 0 Å². The highest BCUT2D eigenvalue weighted by Crippen LogP contribution is 2.21. The van der Waals surface area contributed by atoms with Crippen molar-refractivity contribution in [1.82, 2.24) is 19.7 Å². The fraction of sp³-hybridized carbons (Fsp3) is 0.400. The Hall–Kier alpha value is -3.31. The first-order chi connectivity index (χ1) is 19.9. The number of carboxylic acid groups (broad SMARTS) is 1. The number of carbonyl (C=O) groups is 1. The minimum absolute atomic E-state index is 0.0986. The van der Waals surface area contributed by atoms with Gasteiger partial charge in [0.15, 0.2) is 11.0 Å². The molecule has 0 spiro atoms. The highest BCUT2D eigenvalue weighted by atomic mass is 32.2. The Kier molecular flexibility index (Phi) is 21.5. The van der Waals surface area contributed by atoms with Crippen LogP contribution in [0.15, 0.2) is 71.1 Å². The molecule has 0 saturated carbocycles. The summed E-state index contributed by atoms with van der Waals surface area (Å²) in [5.41, 5.74) is 1.85. The van der Waals surface area contributed by atoms with Crippen LogP contribution in [0.5, 0.6) is 0 Å². The Morgan fingerprint density at radius 3 is 2.59 bits per heavy atom. The van der Waals surface area contributed by atoms with Gasteiger partial charge in [-0.3, -0.25) is 9.79 Å². The number of H-pyrrole nitrogens is 1. The summed E-state index contributed by atoms with van der Waals surface area (Å²) < 4.78 is 21.0. The minimum Gasteiger partial charge on any atom is -0.486 e.